The lowest BCUT2D eigenvalue weighted by Crippen LogP contribution is -2.33. The van der Waals surface area contributed by atoms with Crippen LogP contribution in [0.1, 0.15) is 10.4 Å². The highest BCUT2D eigenvalue weighted by Gasteiger charge is 2.38. The van der Waals surface area contributed by atoms with E-state index in [9.17, 15) is 14.4 Å². The van der Waals surface area contributed by atoms with E-state index >= 15 is 0 Å². The Hall–Kier alpha value is -4.13. The molecule has 0 saturated carbocycles. The van der Waals surface area contributed by atoms with Crippen molar-refractivity contribution in [3.8, 4) is 11.5 Å². The van der Waals surface area contributed by atoms with Gasteiger partial charge in [-0.15, -0.1) is 0 Å². The lowest BCUT2D eigenvalue weighted by Gasteiger charge is -2.18. The summed E-state index contributed by atoms with van der Waals surface area (Å²) in [6.07, 6.45) is 0. The zero-order chi connectivity index (χ0) is 20.4. The van der Waals surface area contributed by atoms with Gasteiger partial charge in [0.2, 0.25) is 0 Å². The average molecular weight is 388 g/mol. The quantitative estimate of drug-likeness (QED) is 0.664. The molecule has 0 aromatic heterocycles. The highest BCUT2D eigenvalue weighted by Crippen LogP contribution is 2.29. The summed E-state index contributed by atoms with van der Waals surface area (Å²) in [7, 11) is 0. The van der Waals surface area contributed by atoms with Gasteiger partial charge >= 0.3 is 12.0 Å². The number of carbonyl (C=O) groups is 3. The molecular weight excluding hydrogens is 372 g/mol. The molecule has 29 heavy (non-hydrogen) atoms. The number of nitrogens with zero attached hydrogens (tertiary/aromatic N) is 2. The number of amides is 3. The zero-order valence-corrected chi connectivity index (χ0v) is 15.2. The summed E-state index contributed by atoms with van der Waals surface area (Å²) in [6, 6.07) is 21.3. The molecule has 3 aromatic rings. The number of hydrogen-bond donors (Lipinski definition) is 1. The van der Waals surface area contributed by atoms with Crippen LogP contribution in [0, 0.1) is 0 Å². The Morgan fingerprint density at radius 2 is 1.52 bits per heavy atom. The minimum atomic E-state index is -1.10. The first-order valence-corrected chi connectivity index (χ1v) is 8.84. The third kappa shape index (κ3) is 3.66. The molecule has 0 radical (unpaired) electrons. The van der Waals surface area contributed by atoms with Gasteiger partial charge in [-0.25, -0.2) is 14.5 Å². The third-order valence-electron chi connectivity index (χ3n) is 4.44. The molecule has 0 atom stereocenters. The minimum absolute atomic E-state index is 0.0450. The number of ether oxygens (including phenoxy) is 1. The fourth-order valence-electron chi connectivity index (χ4n) is 3.05. The van der Waals surface area contributed by atoms with E-state index in [-0.39, 0.29) is 12.1 Å². The summed E-state index contributed by atoms with van der Waals surface area (Å²) in [6.45, 7) is -0.163. The molecule has 1 N–H and O–H groups in total. The number of para-hydroxylation sites is 1. The number of carbonyl (C=O) groups excluding carboxylic acids is 2. The highest BCUT2D eigenvalue weighted by molar-refractivity contribution is 6.27. The predicted octanol–water partition coefficient (Wildman–Crippen LogP) is 4.15. The second-order valence-corrected chi connectivity index (χ2v) is 6.36. The van der Waals surface area contributed by atoms with E-state index in [1.807, 2.05) is 30.3 Å². The van der Waals surface area contributed by atoms with Gasteiger partial charge in [-0.3, -0.25) is 9.69 Å². The lowest BCUT2D eigenvalue weighted by molar-refractivity contribution is -0.115. The molecule has 4 rings (SSSR count). The van der Waals surface area contributed by atoms with Crippen molar-refractivity contribution in [2.24, 2.45) is 0 Å². The summed E-state index contributed by atoms with van der Waals surface area (Å²) >= 11 is 0. The second kappa shape index (κ2) is 7.47. The van der Waals surface area contributed by atoms with Crippen LogP contribution < -0.4 is 14.5 Å². The maximum Gasteiger partial charge on any atom is 0.336 e. The number of benzene rings is 3. The van der Waals surface area contributed by atoms with Gasteiger partial charge in [0, 0.05) is 5.69 Å². The molecule has 1 saturated heterocycles. The van der Waals surface area contributed by atoms with Crippen LogP contribution in [0.15, 0.2) is 78.9 Å². The SMILES string of the molecule is O=C(O)c1cccc(N2CC(=O)N(c3ccc(Oc4ccccc4)cc3)C2=O)c1. The van der Waals surface area contributed by atoms with E-state index in [0.717, 1.165) is 4.90 Å². The topological polar surface area (TPSA) is 87.2 Å². The smallest absolute Gasteiger partial charge is 0.336 e. The van der Waals surface area contributed by atoms with Crippen molar-refractivity contribution in [3.63, 3.8) is 0 Å². The summed E-state index contributed by atoms with van der Waals surface area (Å²) in [5.74, 6) is -0.244. The van der Waals surface area contributed by atoms with Gasteiger partial charge in [0.05, 0.1) is 11.3 Å². The van der Waals surface area contributed by atoms with E-state index in [1.165, 1.54) is 23.1 Å². The minimum Gasteiger partial charge on any atom is -0.478 e. The molecule has 7 heteroatoms. The van der Waals surface area contributed by atoms with E-state index in [2.05, 4.69) is 0 Å². The maximum absolute atomic E-state index is 12.8. The van der Waals surface area contributed by atoms with Gasteiger partial charge in [0.1, 0.15) is 18.0 Å². The Labute approximate surface area is 166 Å². The molecule has 1 aliphatic rings. The Kier molecular flexibility index (Phi) is 4.70. The number of hydrogen-bond acceptors (Lipinski definition) is 4. The third-order valence-corrected chi connectivity index (χ3v) is 4.44. The van der Waals surface area contributed by atoms with Gasteiger partial charge in [-0.1, -0.05) is 24.3 Å². The van der Waals surface area contributed by atoms with E-state index < -0.39 is 17.9 Å². The molecule has 144 valence electrons. The Bertz CT molecular complexity index is 1080. The largest absolute Gasteiger partial charge is 0.478 e. The Morgan fingerprint density at radius 1 is 0.828 bits per heavy atom. The van der Waals surface area contributed by atoms with Crippen molar-refractivity contribution < 1.29 is 24.2 Å². The van der Waals surface area contributed by atoms with Gasteiger partial charge < -0.3 is 9.84 Å². The van der Waals surface area contributed by atoms with Crippen molar-refractivity contribution in [2.45, 2.75) is 0 Å². The number of urea groups is 1. The van der Waals surface area contributed by atoms with Crippen molar-refractivity contribution in [2.75, 3.05) is 16.3 Å². The lowest BCUT2D eigenvalue weighted by atomic mass is 10.2. The molecule has 7 nitrogen and oxygen atoms in total. The van der Waals surface area contributed by atoms with Crippen molar-refractivity contribution >= 4 is 29.3 Å². The molecule has 0 unspecified atom stereocenters. The number of aromatic carboxylic acids is 1. The molecular formula is C22H16N2O5. The molecule has 1 fully saturated rings. The summed E-state index contributed by atoms with van der Waals surface area (Å²) < 4.78 is 5.72. The van der Waals surface area contributed by atoms with E-state index in [1.54, 1.807) is 30.3 Å². The normalized spacial score (nSPS) is 13.7. The summed E-state index contributed by atoms with van der Waals surface area (Å²) in [5, 5.41) is 9.14. The van der Waals surface area contributed by atoms with Crippen molar-refractivity contribution in [3.05, 3.63) is 84.4 Å². The van der Waals surface area contributed by atoms with E-state index in [0.29, 0.717) is 22.9 Å². The molecule has 3 aromatic carbocycles. The molecule has 0 spiro atoms. The number of anilines is 2. The standard InChI is InChI=1S/C22H16N2O5/c25-20-14-23(17-6-4-5-15(13-17)21(26)27)22(28)24(20)16-9-11-19(12-10-16)29-18-7-2-1-3-8-18/h1-13H,14H2,(H,26,27). The number of carboxylic acid groups (broad SMARTS) is 1. The predicted molar refractivity (Wildman–Crippen MR) is 107 cm³/mol. The van der Waals surface area contributed by atoms with Gasteiger partial charge in [0.15, 0.2) is 0 Å². The average Bonchev–Trinajstić information content (AvgIpc) is 3.03. The fraction of sp³-hybridized carbons (Fsp3) is 0.0455. The van der Waals surface area contributed by atoms with Crippen LogP contribution in [-0.2, 0) is 4.79 Å². The van der Waals surface area contributed by atoms with Gasteiger partial charge in [-0.05, 0) is 54.6 Å². The number of rotatable bonds is 5. The van der Waals surface area contributed by atoms with Crippen LogP contribution in [0.5, 0.6) is 11.5 Å². The van der Waals surface area contributed by atoms with Crippen LogP contribution in [-0.4, -0.2) is 29.6 Å². The molecule has 1 aliphatic heterocycles. The van der Waals surface area contributed by atoms with E-state index in [4.69, 9.17) is 9.84 Å². The second-order valence-electron chi connectivity index (χ2n) is 6.36. The van der Waals surface area contributed by atoms with Gasteiger partial charge in [-0.2, -0.15) is 0 Å². The van der Waals surface area contributed by atoms with Crippen molar-refractivity contribution in [1.29, 1.82) is 0 Å². The first kappa shape index (κ1) is 18.2. The number of carboxylic acids is 1. The van der Waals surface area contributed by atoms with Crippen LogP contribution in [0.25, 0.3) is 0 Å². The van der Waals surface area contributed by atoms with Gasteiger partial charge in [0.25, 0.3) is 5.91 Å². The summed E-state index contributed by atoms with van der Waals surface area (Å²) in [5.41, 5.74) is 0.815. The maximum atomic E-state index is 12.8. The van der Waals surface area contributed by atoms with Crippen LogP contribution >= 0.6 is 0 Å². The fourth-order valence-corrected chi connectivity index (χ4v) is 3.05. The Morgan fingerprint density at radius 3 is 2.21 bits per heavy atom. The molecule has 0 aliphatic carbocycles. The highest BCUT2D eigenvalue weighted by atomic mass is 16.5. The van der Waals surface area contributed by atoms with Crippen LogP contribution in [0.2, 0.25) is 0 Å². The number of imide groups is 1. The monoisotopic (exact) mass is 388 g/mol. The molecule has 1 heterocycles. The molecule has 3 amide bonds. The first-order valence-electron chi connectivity index (χ1n) is 8.84. The summed E-state index contributed by atoms with van der Waals surface area (Å²) in [4.78, 5) is 38.8. The molecule has 0 bridgehead atoms. The van der Waals surface area contributed by atoms with Crippen molar-refractivity contribution in [1.82, 2.24) is 0 Å². The zero-order valence-electron chi connectivity index (χ0n) is 15.2. The Balaban J connectivity index is 1.54. The first-order chi connectivity index (χ1) is 14.0. The van der Waals surface area contributed by atoms with Crippen LogP contribution in [0.4, 0.5) is 16.2 Å². The van der Waals surface area contributed by atoms with Crippen LogP contribution in [0.3, 0.4) is 0 Å².